The number of ether oxygens (including phenoxy) is 2. The molecule has 0 aliphatic carbocycles. The van der Waals surface area contributed by atoms with Gasteiger partial charge < -0.3 is 14.4 Å². The lowest BCUT2D eigenvalue weighted by Gasteiger charge is -2.25. The predicted molar refractivity (Wildman–Crippen MR) is 106 cm³/mol. The molecule has 0 spiro atoms. The minimum absolute atomic E-state index is 0.00196. The zero-order valence-corrected chi connectivity index (χ0v) is 16.5. The van der Waals surface area contributed by atoms with E-state index in [1.54, 1.807) is 20.3 Å². The lowest BCUT2D eigenvalue weighted by Crippen LogP contribution is -2.29. The molecule has 1 aliphatic heterocycles. The van der Waals surface area contributed by atoms with Crippen molar-refractivity contribution in [3.8, 4) is 11.5 Å². The number of halogens is 1. The van der Waals surface area contributed by atoms with Gasteiger partial charge in [-0.05, 0) is 54.8 Å². The number of carbonyl (C=O) groups excluding carboxylic acids is 1. The van der Waals surface area contributed by atoms with Gasteiger partial charge in [0.15, 0.2) is 0 Å². The van der Waals surface area contributed by atoms with E-state index in [0.29, 0.717) is 0 Å². The standard InChI is InChI=1S/C21H22BrNO3/c1-25-17-10-11-20(26-2)18(14-17)19-4-3-13-23(19)21(24)12-7-15-5-8-16(22)9-6-15/h5-12,14,19H,3-4,13H2,1-2H3/b12-7+/t19-/m0/s1. The molecule has 0 bridgehead atoms. The third-order valence-electron chi connectivity index (χ3n) is 4.62. The fraction of sp³-hybridized carbons (Fsp3) is 0.286. The molecule has 1 amide bonds. The SMILES string of the molecule is COc1ccc(OC)c([C@@H]2CCCN2C(=O)/C=C/c2ccc(Br)cc2)c1. The van der Waals surface area contributed by atoms with E-state index in [1.165, 1.54) is 0 Å². The Morgan fingerprint density at radius 3 is 2.62 bits per heavy atom. The van der Waals surface area contributed by atoms with Gasteiger partial charge in [0.1, 0.15) is 11.5 Å². The molecule has 2 aromatic carbocycles. The van der Waals surface area contributed by atoms with E-state index in [9.17, 15) is 4.79 Å². The van der Waals surface area contributed by atoms with Gasteiger partial charge in [0.25, 0.3) is 0 Å². The fourth-order valence-corrected chi connectivity index (χ4v) is 3.56. The Labute approximate surface area is 162 Å². The summed E-state index contributed by atoms with van der Waals surface area (Å²) in [5.74, 6) is 1.57. The Kier molecular flexibility index (Phi) is 5.99. The third kappa shape index (κ3) is 4.10. The highest BCUT2D eigenvalue weighted by atomic mass is 79.9. The van der Waals surface area contributed by atoms with E-state index >= 15 is 0 Å². The molecule has 5 heteroatoms. The van der Waals surface area contributed by atoms with Crippen molar-refractivity contribution in [2.75, 3.05) is 20.8 Å². The summed E-state index contributed by atoms with van der Waals surface area (Å²) in [5, 5.41) is 0. The summed E-state index contributed by atoms with van der Waals surface area (Å²) >= 11 is 3.42. The van der Waals surface area contributed by atoms with Crippen molar-refractivity contribution in [1.82, 2.24) is 4.90 Å². The Morgan fingerprint density at radius 2 is 1.92 bits per heavy atom. The predicted octanol–water partition coefficient (Wildman–Crippen LogP) is 4.84. The van der Waals surface area contributed by atoms with Crippen molar-refractivity contribution in [2.45, 2.75) is 18.9 Å². The maximum atomic E-state index is 12.8. The van der Waals surface area contributed by atoms with Crippen molar-refractivity contribution >= 4 is 27.9 Å². The molecule has 1 heterocycles. The maximum Gasteiger partial charge on any atom is 0.247 e. The number of rotatable bonds is 5. The summed E-state index contributed by atoms with van der Waals surface area (Å²) in [6.45, 7) is 0.745. The summed E-state index contributed by atoms with van der Waals surface area (Å²) in [6, 6.07) is 13.6. The Hall–Kier alpha value is -2.27. The average molecular weight is 416 g/mol. The third-order valence-corrected chi connectivity index (χ3v) is 5.15. The monoisotopic (exact) mass is 415 g/mol. The van der Waals surface area contributed by atoms with Crippen LogP contribution in [0.5, 0.6) is 11.5 Å². The van der Waals surface area contributed by atoms with Gasteiger partial charge in [-0.3, -0.25) is 4.79 Å². The number of carbonyl (C=O) groups is 1. The van der Waals surface area contributed by atoms with Crippen LogP contribution in [0.3, 0.4) is 0 Å². The zero-order chi connectivity index (χ0) is 18.5. The van der Waals surface area contributed by atoms with Crippen LogP contribution < -0.4 is 9.47 Å². The van der Waals surface area contributed by atoms with Gasteiger partial charge in [0.05, 0.1) is 20.3 Å². The lowest BCUT2D eigenvalue weighted by molar-refractivity contribution is -0.126. The van der Waals surface area contributed by atoms with Crippen LogP contribution in [0.4, 0.5) is 0 Å². The molecule has 1 saturated heterocycles. The first-order valence-electron chi connectivity index (χ1n) is 8.58. The van der Waals surface area contributed by atoms with Crippen molar-refractivity contribution in [1.29, 1.82) is 0 Å². The van der Waals surface area contributed by atoms with Gasteiger partial charge in [0.2, 0.25) is 5.91 Å². The van der Waals surface area contributed by atoms with Gasteiger partial charge in [-0.15, -0.1) is 0 Å². The maximum absolute atomic E-state index is 12.8. The van der Waals surface area contributed by atoms with E-state index in [2.05, 4.69) is 15.9 Å². The number of hydrogen-bond donors (Lipinski definition) is 0. The molecule has 26 heavy (non-hydrogen) atoms. The molecular formula is C21H22BrNO3. The van der Waals surface area contributed by atoms with Crippen molar-refractivity contribution in [3.05, 3.63) is 64.1 Å². The first kappa shape index (κ1) is 18.5. The summed E-state index contributed by atoms with van der Waals surface area (Å²) in [5.41, 5.74) is 1.99. The van der Waals surface area contributed by atoms with Crippen LogP contribution in [0.25, 0.3) is 6.08 Å². The molecule has 3 rings (SSSR count). The van der Waals surface area contributed by atoms with E-state index in [1.807, 2.05) is 53.4 Å². The normalized spacial score (nSPS) is 16.9. The minimum Gasteiger partial charge on any atom is -0.497 e. The molecule has 4 nitrogen and oxygen atoms in total. The summed E-state index contributed by atoms with van der Waals surface area (Å²) in [4.78, 5) is 14.7. The van der Waals surface area contributed by atoms with Crippen LogP contribution in [0.1, 0.15) is 30.0 Å². The van der Waals surface area contributed by atoms with Crippen molar-refractivity contribution < 1.29 is 14.3 Å². The summed E-state index contributed by atoms with van der Waals surface area (Å²) in [6.07, 6.45) is 5.39. The molecule has 0 unspecified atom stereocenters. The highest BCUT2D eigenvalue weighted by Gasteiger charge is 2.31. The van der Waals surface area contributed by atoms with Gasteiger partial charge in [0, 0.05) is 22.7 Å². The smallest absolute Gasteiger partial charge is 0.247 e. The fourth-order valence-electron chi connectivity index (χ4n) is 3.29. The molecule has 1 aliphatic rings. The van der Waals surface area contributed by atoms with Crippen LogP contribution in [-0.4, -0.2) is 31.6 Å². The first-order chi connectivity index (χ1) is 12.6. The topological polar surface area (TPSA) is 38.8 Å². The minimum atomic E-state index is 0.00196. The molecular weight excluding hydrogens is 394 g/mol. The van der Waals surface area contributed by atoms with Crippen LogP contribution in [0.2, 0.25) is 0 Å². The van der Waals surface area contributed by atoms with Crippen LogP contribution >= 0.6 is 15.9 Å². The van der Waals surface area contributed by atoms with Crippen LogP contribution in [0.15, 0.2) is 53.0 Å². The first-order valence-corrected chi connectivity index (χ1v) is 9.38. The molecule has 0 N–H and O–H groups in total. The average Bonchev–Trinajstić information content (AvgIpc) is 3.16. The van der Waals surface area contributed by atoms with Crippen LogP contribution in [-0.2, 0) is 4.79 Å². The number of likely N-dealkylation sites (tertiary alicyclic amines) is 1. The van der Waals surface area contributed by atoms with E-state index in [0.717, 1.165) is 46.5 Å². The van der Waals surface area contributed by atoms with E-state index < -0.39 is 0 Å². The number of hydrogen-bond acceptors (Lipinski definition) is 3. The van der Waals surface area contributed by atoms with E-state index in [-0.39, 0.29) is 11.9 Å². The highest BCUT2D eigenvalue weighted by molar-refractivity contribution is 9.10. The Bertz CT molecular complexity index is 801. The van der Waals surface area contributed by atoms with E-state index in [4.69, 9.17) is 9.47 Å². The Balaban J connectivity index is 1.81. The summed E-state index contributed by atoms with van der Waals surface area (Å²) in [7, 11) is 3.30. The number of amides is 1. The number of nitrogens with zero attached hydrogens (tertiary/aromatic N) is 1. The van der Waals surface area contributed by atoms with Gasteiger partial charge >= 0.3 is 0 Å². The largest absolute Gasteiger partial charge is 0.497 e. The lowest BCUT2D eigenvalue weighted by atomic mass is 10.0. The molecule has 0 saturated carbocycles. The van der Waals surface area contributed by atoms with Gasteiger partial charge in [-0.2, -0.15) is 0 Å². The molecule has 1 atom stereocenters. The Morgan fingerprint density at radius 1 is 1.15 bits per heavy atom. The van der Waals surface area contributed by atoms with Gasteiger partial charge in [-0.25, -0.2) is 0 Å². The quantitative estimate of drug-likeness (QED) is 0.655. The summed E-state index contributed by atoms with van der Waals surface area (Å²) < 4.78 is 11.9. The van der Waals surface area contributed by atoms with Crippen molar-refractivity contribution in [2.24, 2.45) is 0 Å². The highest BCUT2D eigenvalue weighted by Crippen LogP contribution is 2.39. The molecule has 0 aromatic heterocycles. The number of methoxy groups -OCH3 is 2. The molecule has 1 fully saturated rings. The molecule has 2 aromatic rings. The van der Waals surface area contributed by atoms with Crippen molar-refractivity contribution in [3.63, 3.8) is 0 Å². The zero-order valence-electron chi connectivity index (χ0n) is 14.9. The van der Waals surface area contributed by atoms with Gasteiger partial charge in [-0.1, -0.05) is 28.1 Å². The second kappa shape index (κ2) is 8.41. The number of benzene rings is 2. The second-order valence-electron chi connectivity index (χ2n) is 6.18. The molecule has 0 radical (unpaired) electrons. The molecule has 136 valence electrons. The van der Waals surface area contributed by atoms with Crippen LogP contribution in [0, 0.1) is 0 Å². The second-order valence-corrected chi connectivity index (χ2v) is 7.10.